The highest BCUT2D eigenvalue weighted by Gasteiger charge is 2.26. The van der Waals surface area contributed by atoms with Gasteiger partial charge < -0.3 is 19.3 Å². The van der Waals surface area contributed by atoms with E-state index in [0.29, 0.717) is 31.3 Å². The molecule has 1 aliphatic heterocycles. The largest absolute Gasteiger partial charge is 0.490 e. The third kappa shape index (κ3) is 4.11. The Kier molecular flexibility index (Phi) is 6.33. The van der Waals surface area contributed by atoms with E-state index in [1.165, 1.54) is 0 Å². The molecule has 2 rings (SSSR count). The first-order chi connectivity index (χ1) is 10.2. The van der Waals surface area contributed by atoms with E-state index in [1.807, 2.05) is 26.0 Å². The zero-order valence-electron chi connectivity index (χ0n) is 12.6. The zero-order chi connectivity index (χ0) is 15.2. The first-order valence-electron chi connectivity index (χ1n) is 7.52. The minimum atomic E-state index is -0.561. The van der Waals surface area contributed by atoms with Gasteiger partial charge in [-0.2, -0.15) is 0 Å². The standard InChI is InChI=1S/C16H23BrO4/c1-3-20-14-8-12(13(17)9-15(14)21-4-2)16(18)11-6-5-7-19-10-11/h8-9,11,16,18H,3-7,10H2,1-2H3. The summed E-state index contributed by atoms with van der Waals surface area (Å²) in [6, 6.07) is 3.74. The molecule has 0 spiro atoms. The topological polar surface area (TPSA) is 47.9 Å². The first kappa shape index (κ1) is 16.6. The minimum Gasteiger partial charge on any atom is -0.490 e. The van der Waals surface area contributed by atoms with Crippen LogP contribution in [0.25, 0.3) is 0 Å². The van der Waals surface area contributed by atoms with Crippen LogP contribution in [0.4, 0.5) is 0 Å². The van der Waals surface area contributed by atoms with Gasteiger partial charge >= 0.3 is 0 Å². The maximum atomic E-state index is 10.6. The van der Waals surface area contributed by atoms with Crippen LogP contribution >= 0.6 is 15.9 Å². The van der Waals surface area contributed by atoms with E-state index >= 15 is 0 Å². The fraction of sp³-hybridized carbons (Fsp3) is 0.625. The van der Waals surface area contributed by atoms with Crippen molar-refractivity contribution in [2.24, 2.45) is 5.92 Å². The van der Waals surface area contributed by atoms with Gasteiger partial charge in [-0.15, -0.1) is 0 Å². The second kappa shape index (κ2) is 8.01. The Morgan fingerprint density at radius 3 is 2.52 bits per heavy atom. The van der Waals surface area contributed by atoms with Gasteiger partial charge in [0, 0.05) is 17.0 Å². The van der Waals surface area contributed by atoms with Crippen LogP contribution in [0, 0.1) is 5.92 Å². The number of halogens is 1. The fourth-order valence-corrected chi connectivity index (χ4v) is 3.14. The molecule has 4 nitrogen and oxygen atoms in total. The second-order valence-electron chi connectivity index (χ2n) is 5.11. The highest BCUT2D eigenvalue weighted by Crippen LogP contribution is 2.39. The van der Waals surface area contributed by atoms with Gasteiger partial charge in [0.15, 0.2) is 11.5 Å². The maximum absolute atomic E-state index is 10.6. The SMILES string of the molecule is CCOc1cc(Br)c(C(O)C2CCCOC2)cc1OCC. The normalized spacial score (nSPS) is 20.1. The molecule has 2 unspecified atom stereocenters. The average molecular weight is 359 g/mol. The lowest BCUT2D eigenvalue weighted by atomic mass is 9.91. The number of aliphatic hydroxyl groups excluding tert-OH is 1. The Labute approximate surface area is 134 Å². The summed E-state index contributed by atoms with van der Waals surface area (Å²) >= 11 is 3.53. The summed E-state index contributed by atoms with van der Waals surface area (Å²) in [5.41, 5.74) is 0.831. The summed E-state index contributed by atoms with van der Waals surface area (Å²) in [4.78, 5) is 0. The smallest absolute Gasteiger partial charge is 0.162 e. The molecule has 118 valence electrons. The van der Waals surface area contributed by atoms with Crippen LogP contribution in [0.1, 0.15) is 38.4 Å². The second-order valence-corrected chi connectivity index (χ2v) is 5.96. The Morgan fingerprint density at radius 2 is 1.95 bits per heavy atom. The van der Waals surface area contributed by atoms with E-state index < -0.39 is 6.10 Å². The molecule has 0 radical (unpaired) electrons. The summed E-state index contributed by atoms with van der Waals surface area (Å²) in [5.74, 6) is 1.50. The number of hydrogen-bond acceptors (Lipinski definition) is 4. The molecule has 0 bridgehead atoms. The van der Waals surface area contributed by atoms with Crippen LogP contribution in [0.5, 0.6) is 11.5 Å². The molecule has 1 heterocycles. The van der Waals surface area contributed by atoms with E-state index in [-0.39, 0.29) is 5.92 Å². The summed E-state index contributed by atoms with van der Waals surface area (Å²) in [7, 11) is 0. The predicted octanol–water partition coefficient (Wildman–Crippen LogP) is 3.71. The lowest BCUT2D eigenvalue weighted by Gasteiger charge is -2.28. The van der Waals surface area contributed by atoms with Crippen LogP contribution in [0.3, 0.4) is 0 Å². The first-order valence-corrected chi connectivity index (χ1v) is 8.31. The maximum Gasteiger partial charge on any atom is 0.162 e. The molecule has 5 heteroatoms. The molecular weight excluding hydrogens is 336 g/mol. The fourth-order valence-electron chi connectivity index (χ4n) is 2.58. The van der Waals surface area contributed by atoms with Crippen molar-refractivity contribution in [3.63, 3.8) is 0 Å². The lowest BCUT2D eigenvalue weighted by Crippen LogP contribution is -2.24. The van der Waals surface area contributed by atoms with Crippen molar-refractivity contribution in [3.05, 3.63) is 22.2 Å². The number of rotatable bonds is 6. The van der Waals surface area contributed by atoms with Crippen molar-refractivity contribution in [2.45, 2.75) is 32.8 Å². The summed E-state index contributed by atoms with van der Waals surface area (Å²) in [6.45, 7) is 6.39. The van der Waals surface area contributed by atoms with Gasteiger partial charge in [-0.1, -0.05) is 15.9 Å². The van der Waals surface area contributed by atoms with E-state index in [0.717, 1.165) is 29.5 Å². The summed E-state index contributed by atoms with van der Waals surface area (Å²) in [6.07, 6.45) is 1.41. The van der Waals surface area contributed by atoms with Gasteiger partial charge in [-0.05, 0) is 44.4 Å². The van der Waals surface area contributed by atoms with Gasteiger partial charge in [0.05, 0.1) is 25.9 Å². The molecule has 0 amide bonds. The van der Waals surface area contributed by atoms with Crippen LogP contribution in [-0.2, 0) is 4.74 Å². The molecule has 1 aromatic rings. The van der Waals surface area contributed by atoms with E-state index in [4.69, 9.17) is 14.2 Å². The molecule has 21 heavy (non-hydrogen) atoms. The Hall–Kier alpha value is -0.780. The molecule has 1 aliphatic rings. The predicted molar refractivity (Wildman–Crippen MR) is 85.0 cm³/mol. The van der Waals surface area contributed by atoms with Crippen molar-refractivity contribution < 1.29 is 19.3 Å². The molecule has 1 saturated heterocycles. The highest BCUT2D eigenvalue weighted by molar-refractivity contribution is 9.10. The molecule has 0 aliphatic carbocycles. The van der Waals surface area contributed by atoms with Crippen molar-refractivity contribution in [1.82, 2.24) is 0 Å². The number of hydrogen-bond donors (Lipinski definition) is 1. The van der Waals surface area contributed by atoms with Crippen LogP contribution in [-0.4, -0.2) is 31.5 Å². The molecule has 1 fully saturated rings. The van der Waals surface area contributed by atoms with Gasteiger partial charge in [0.1, 0.15) is 0 Å². The number of aliphatic hydroxyl groups is 1. The molecular formula is C16H23BrO4. The summed E-state index contributed by atoms with van der Waals surface area (Å²) in [5, 5.41) is 10.6. The Bertz CT molecular complexity index is 458. The van der Waals surface area contributed by atoms with E-state index in [1.54, 1.807) is 0 Å². The molecule has 0 saturated carbocycles. The van der Waals surface area contributed by atoms with Crippen LogP contribution < -0.4 is 9.47 Å². The molecule has 0 aromatic heterocycles. The van der Waals surface area contributed by atoms with Gasteiger partial charge in [0.2, 0.25) is 0 Å². The van der Waals surface area contributed by atoms with Crippen molar-refractivity contribution >= 4 is 15.9 Å². The summed E-state index contributed by atoms with van der Waals surface area (Å²) < 4.78 is 17.5. The lowest BCUT2D eigenvalue weighted by molar-refractivity contribution is -0.0103. The van der Waals surface area contributed by atoms with Crippen LogP contribution in [0.2, 0.25) is 0 Å². The molecule has 1 N–H and O–H groups in total. The van der Waals surface area contributed by atoms with E-state index in [2.05, 4.69) is 15.9 Å². The average Bonchev–Trinajstić information content (AvgIpc) is 2.50. The third-order valence-corrected chi connectivity index (χ3v) is 4.31. The van der Waals surface area contributed by atoms with E-state index in [9.17, 15) is 5.11 Å². The molecule has 1 aromatic carbocycles. The number of benzene rings is 1. The van der Waals surface area contributed by atoms with Gasteiger partial charge in [-0.25, -0.2) is 0 Å². The zero-order valence-corrected chi connectivity index (χ0v) is 14.2. The van der Waals surface area contributed by atoms with Crippen LogP contribution in [0.15, 0.2) is 16.6 Å². The van der Waals surface area contributed by atoms with Crippen molar-refractivity contribution in [2.75, 3.05) is 26.4 Å². The minimum absolute atomic E-state index is 0.127. The van der Waals surface area contributed by atoms with Gasteiger partial charge in [-0.3, -0.25) is 0 Å². The third-order valence-electron chi connectivity index (χ3n) is 3.62. The Morgan fingerprint density at radius 1 is 1.29 bits per heavy atom. The monoisotopic (exact) mass is 358 g/mol. The Balaban J connectivity index is 2.27. The molecule has 2 atom stereocenters. The van der Waals surface area contributed by atoms with Crippen molar-refractivity contribution in [3.8, 4) is 11.5 Å². The van der Waals surface area contributed by atoms with Crippen molar-refractivity contribution in [1.29, 1.82) is 0 Å². The highest BCUT2D eigenvalue weighted by atomic mass is 79.9. The number of ether oxygens (including phenoxy) is 3. The quantitative estimate of drug-likeness (QED) is 0.841. The van der Waals surface area contributed by atoms with Gasteiger partial charge in [0.25, 0.3) is 0 Å².